The lowest BCUT2D eigenvalue weighted by atomic mass is 10.0. The van der Waals surface area contributed by atoms with Crippen molar-refractivity contribution in [2.24, 2.45) is 0 Å². The van der Waals surface area contributed by atoms with Crippen molar-refractivity contribution in [3.63, 3.8) is 0 Å². The second-order valence-electron chi connectivity index (χ2n) is 6.90. The minimum Gasteiger partial charge on any atom is -0.496 e. The molecular formula is C22H26N2O3. The molecule has 3 rings (SSSR count). The van der Waals surface area contributed by atoms with Crippen molar-refractivity contribution in [2.45, 2.75) is 20.3 Å². The molecule has 2 aromatic carbocycles. The first-order valence-electron chi connectivity index (χ1n) is 9.26. The van der Waals surface area contributed by atoms with E-state index in [0.717, 1.165) is 22.4 Å². The van der Waals surface area contributed by atoms with Crippen LogP contribution in [0.1, 0.15) is 27.0 Å². The number of benzene rings is 2. The zero-order chi connectivity index (χ0) is 19.4. The molecule has 5 heteroatoms. The van der Waals surface area contributed by atoms with Crippen molar-refractivity contribution >= 4 is 11.8 Å². The Labute approximate surface area is 160 Å². The Hall–Kier alpha value is -2.82. The van der Waals surface area contributed by atoms with E-state index in [2.05, 4.69) is 0 Å². The van der Waals surface area contributed by atoms with Crippen LogP contribution in [0, 0.1) is 13.8 Å². The minimum atomic E-state index is 0.0217. The minimum absolute atomic E-state index is 0.0217. The number of ether oxygens (including phenoxy) is 1. The van der Waals surface area contributed by atoms with Crippen LogP contribution in [0.15, 0.2) is 42.5 Å². The topological polar surface area (TPSA) is 49.9 Å². The molecule has 1 aliphatic rings. The average molecular weight is 366 g/mol. The molecule has 1 saturated heterocycles. The van der Waals surface area contributed by atoms with E-state index in [4.69, 9.17) is 4.74 Å². The largest absolute Gasteiger partial charge is 0.496 e. The van der Waals surface area contributed by atoms with Crippen LogP contribution >= 0.6 is 0 Å². The van der Waals surface area contributed by atoms with Crippen LogP contribution in [0.5, 0.6) is 5.75 Å². The number of carbonyl (C=O) groups excluding carboxylic acids is 2. The van der Waals surface area contributed by atoms with Gasteiger partial charge in [0.15, 0.2) is 0 Å². The molecule has 142 valence electrons. The number of hydrogen-bond acceptors (Lipinski definition) is 3. The SMILES string of the molecule is COc1ccc(C(=O)N2CCN(C(=O)Cc3ccccc3)CC2)c(C)c1C. The van der Waals surface area contributed by atoms with Gasteiger partial charge in [-0.25, -0.2) is 0 Å². The lowest BCUT2D eigenvalue weighted by Crippen LogP contribution is -2.51. The molecule has 0 spiro atoms. The average Bonchev–Trinajstić information content (AvgIpc) is 2.70. The Kier molecular flexibility index (Phi) is 5.79. The smallest absolute Gasteiger partial charge is 0.254 e. The summed E-state index contributed by atoms with van der Waals surface area (Å²) >= 11 is 0. The van der Waals surface area contributed by atoms with Gasteiger partial charge in [-0.2, -0.15) is 0 Å². The molecule has 5 nitrogen and oxygen atoms in total. The first-order valence-corrected chi connectivity index (χ1v) is 9.26. The number of nitrogens with zero attached hydrogens (tertiary/aromatic N) is 2. The van der Waals surface area contributed by atoms with Crippen LogP contribution in [-0.2, 0) is 11.2 Å². The fourth-order valence-corrected chi connectivity index (χ4v) is 3.46. The maximum absolute atomic E-state index is 12.9. The Morgan fingerprint density at radius 3 is 2.15 bits per heavy atom. The van der Waals surface area contributed by atoms with E-state index < -0.39 is 0 Å². The third-order valence-electron chi connectivity index (χ3n) is 5.31. The Bertz CT molecular complexity index is 825. The summed E-state index contributed by atoms with van der Waals surface area (Å²) in [6, 6.07) is 13.4. The predicted octanol–water partition coefficient (Wildman–Crippen LogP) is 2.84. The molecule has 0 unspecified atom stereocenters. The third kappa shape index (κ3) is 4.13. The number of methoxy groups -OCH3 is 1. The van der Waals surface area contributed by atoms with Crippen LogP contribution in [0.4, 0.5) is 0 Å². The standard InChI is InChI=1S/C22H26N2O3/c1-16-17(2)20(27-3)10-9-19(16)22(26)24-13-11-23(12-14-24)21(25)15-18-7-5-4-6-8-18/h4-10H,11-15H2,1-3H3. The molecule has 1 fully saturated rings. The van der Waals surface area contributed by atoms with Crippen molar-refractivity contribution in [1.29, 1.82) is 0 Å². The summed E-state index contributed by atoms with van der Waals surface area (Å²) in [5.74, 6) is 0.929. The van der Waals surface area contributed by atoms with Crippen molar-refractivity contribution in [3.8, 4) is 5.75 Å². The fraction of sp³-hybridized carbons (Fsp3) is 0.364. The van der Waals surface area contributed by atoms with Crippen LogP contribution in [0.25, 0.3) is 0 Å². The zero-order valence-corrected chi connectivity index (χ0v) is 16.2. The number of amides is 2. The van der Waals surface area contributed by atoms with E-state index in [0.29, 0.717) is 38.2 Å². The van der Waals surface area contributed by atoms with E-state index in [1.807, 2.05) is 66.1 Å². The molecule has 2 amide bonds. The van der Waals surface area contributed by atoms with Crippen molar-refractivity contribution in [2.75, 3.05) is 33.3 Å². The first kappa shape index (κ1) is 19.0. The van der Waals surface area contributed by atoms with Gasteiger partial charge in [0.25, 0.3) is 5.91 Å². The molecule has 1 heterocycles. The van der Waals surface area contributed by atoms with Gasteiger partial charge in [-0.15, -0.1) is 0 Å². The molecule has 0 aliphatic carbocycles. The summed E-state index contributed by atoms with van der Waals surface area (Å²) in [5, 5.41) is 0. The van der Waals surface area contributed by atoms with Gasteiger partial charge in [0, 0.05) is 31.7 Å². The second-order valence-corrected chi connectivity index (χ2v) is 6.90. The van der Waals surface area contributed by atoms with Crippen LogP contribution in [0.2, 0.25) is 0 Å². The maximum Gasteiger partial charge on any atom is 0.254 e. The molecule has 0 N–H and O–H groups in total. The van der Waals surface area contributed by atoms with Crippen molar-refractivity contribution < 1.29 is 14.3 Å². The van der Waals surface area contributed by atoms with Crippen molar-refractivity contribution in [1.82, 2.24) is 9.80 Å². The van der Waals surface area contributed by atoms with Gasteiger partial charge in [0.1, 0.15) is 5.75 Å². The number of carbonyl (C=O) groups is 2. The predicted molar refractivity (Wildman–Crippen MR) is 105 cm³/mol. The highest BCUT2D eigenvalue weighted by Gasteiger charge is 2.26. The molecule has 0 aromatic heterocycles. The summed E-state index contributed by atoms with van der Waals surface area (Å²) in [5.41, 5.74) is 3.66. The Morgan fingerprint density at radius 1 is 0.889 bits per heavy atom. The van der Waals surface area contributed by atoms with Crippen molar-refractivity contribution in [3.05, 3.63) is 64.7 Å². The number of hydrogen-bond donors (Lipinski definition) is 0. The summed E-state index contributed by atoms with van der Waals surface area (Å²) in [7, 11) is 1.63. The molecule has 0 atom stereocenters. The molecule has 27 heavy (non-hydrogen) atoms. The second kappa shape index (κ2) is 8.25. The van der Waals surface area contributed by atoms with Crippen LogP contribution in [-0.4, -0.2) is 54.9 Å². The Balaban J connectivity index is 1.61. The van der Waals surface area contributed by atoms with E-state index in [9.17, 15) is 9.59 Å². The van der Waals surface area contributed by atoms with Crippen LogP contribution in [0.3, 0.4) is 0 Å². The van der Waals surface area contributed by atoms with Gasteiger partial charge < -0.3 is 14.5 Å². The summed E-state index contributed by atoms with van der Waals surface area (Å²) in [4.78, 5) is 29.1. The maximum atomic E-state index is 12.9. The summed E-state index contributed by atoms with van der Waals surface area (Å²) < 4.78 is 5.33. The van der Waals surface area contributed by atoms with Gasteiger partial charge in [0.2, 0.25) is 5.91 Å². The molecule has 2 aromatic rings. The van der Waals surface area contributed by atoms with Gasteiger partial charge in [-0.05, 0) is 42.7 Å². The van der Waals surface area contributed by atoms with E-state index >= 15 is 0 Å². The zero-order valence-electron chi connectivity index (χ0n) is 16.2. The van der Waals surface area contributed by atoms with E-state index in [-0.39, 0.29) is 11.8 Å². The number of rotatable bonds is 4. The van der Waals surface area contributed by atoms with E-state index in [1.54, 1.807) is 7.11 Å². The molecule has 1 aliphatic heterocycles. The van der Waals surface area contributed by atoms with Gasteiger partial charge in [-0.1, -0.05) is 30.3 Å². The summed E-state index contributed by atoms with van der Waals surface area (Å²) in [6.07, 6.45) is 0.408. The highest BCUT2D eigenvalue weighted by molar-refractivity contribution is 5.96. The van der Waals surface area contributed by atoms with E-state index in [1.165, 1.54) is 0 Å². The third-order valence-corrected chi connectivity index (χ3v) is 5.31. The first-order chi connectivity index (χ1) is 13.0. The fourth-order valence-electron chi connectivity index (χ4n) is 3.46. The van der Waals surface area contributed by atoms with Gasteiger partial charge in [0.05, 0.1) is 13.5 Å². The lowest BCUT2D eigenvalue weighted by molar-refractivity contribution is -0.131. The summed E-state index contributed by atoms with van der Waals surface area (Å²) in [6.45, 7) is 6.18. The number of piperazine rings is 1. The van der Waals surface area contributed by atoms with Crippen LogP contribution < -0.4 is 4.74 Å². The Morgan fingerprint density at radius 2 is 1.52 bits per heavy atom. The molecule has 0 bridgehead atoms. The molecular weight excluding hydrogens is 340 g/mol. The van der Waals surface area contributed by atoms with Gasteiger partial charge in [-0.3, -0.25) is 9.59 Å². The molecule has 0 saturated carbocycles. The highest BCUT2D eigenvalue weighted by Crippen LogP contribution is 2.25. The van der Waals surface area contributed by atoms with Gasteiger partial charge >= 0.3 is 0 Å². The highest BCUT2D eigenvalue weighted by atomic mass is 16.5. The quantitative estimate of drug-likeness (QED) is 0.836. The normalized spacial score (nSPS) is 14.2. The lowest BCUT2D eigenvalue weighted by Gasteiger charge is -2.35. The molecule has 0 radical (unpaired) electrons. The monoisotopic (exact) mass is 366 g/mol.